The van der Waals surface area contributed by atoms with E-state index in [0.29, 0.717) is 11.1 Å². The first-order valence-corrected chi connectivity index (χ1v) is 11.9. The number of aryl methyl sites for hydroxylation is 2. The molecule has 1 atom stereocenters. The molecule has 3 aromatic rings. The Balaban J connectivity index is 1.36. The SMILES string of the molecule is Cc1cc(C(=O)COC(=O)c2c3c(nc4ccccc24)CCCC3)c(C)n1CC1CCCO1. The number of ether oxygens (including phenoxy) is 2. The maximum absolute atomic E-state index is 13.2. The lowest BCUT2D eigenvalue weighted by Crippen LogP contribution is -2.20. The number of benzene rings is 1. The maximum Gasteiger partial charge on any atom is 0.339 e. The number of aromatic nitrogens is 2. The fraction of sp³-hybridized carbons (Fsp3) is 0.444. The van der Waals surface area contributed by atoms with Crippen molar-refractivity contribution in [1.29, 1.82) is 0 Å². The van der Waals surface area contributed by atoms with Crippen LogP contribution in [-0.4, -0.2) is 40.6 Å². The van der Waals surface area contributed by atoms with Crippen LogP contribution in [0.25, 0.3) is 10.9 Å². The Bertz CT molecular complexity index is 1220. The summed E-state index contributed by atoms with van der Waals surface area (Å²) in [6, 6.07) is 9.56. The normalized spacial score (nSPS) is 17.8. The summed E-state index contributed by atoms with van der Waals surface area (Å²) in [7, 11) is 0. The second-order valence-electron chi connectivity index (χ2n) is 9.17. The Hall–Kier alpha value is -2.99. The molecule has 0 saturated carbocycles. The number of pyridine rings is 1. The van der Waals surface area contributed by atoms with Crippen LogP contribution in [0.2, 0.25) is 0 Å². The highest BCUT2D eigenvalue weighted by Gasteiger charge is 2.25. The van der Waals surface area contributed by atoms with Crippen LogP contribution in [0.15, 0.2) is 30.3 Å². The van der Waals surface area contributed by atoms with E-state index in [1.807, 2.05) is 44.2 Å². The number of nitrogens with zero attached hydrogens (tertiary/aromatic N) is 2. The number of esters is 1. The van der Waals surface area contributed by atoms with Crippen molar-refractivity contribution in [2.45, 2.75) is 65.0 Å². The summed E-state index contributed by atoms with van der Waals surface area (Å²) in [5.41, 5.74) is 5.87. The van der Waals surface area contributed by atoms with Gasteiger partial charge in [-0.2, -0.15) is 0 Å². The molecule has 1 saturated heterocycles. The average molecular weight is 447 g/mol. The molecule has 0 spiro atoms. The van der Waals surface area contributed by atoms with Crippen molar-refractivity contribution in [3.05, 3.63) is 64.1 Å². The fourth-order valence-electron chi connectivity index (χ4n) is 5.24. The highest BCUT2D eigenvalue weighted by Crippen LogP contribution is 2.30. The number of Topliss-reactive ketones (excluding diaryl/α,β-unsaturated/α-hetero) is 1. The van der Waals surface area contributed by atoms with Crippen molar-refractivity contribution in [2.24, 2.45) is 0 Å². The van der Waals surface area contributed by atoms with Gasteiger partial charge in [-0.05, 0) is 70.1 Å². The maximum atomic E-state index is 13.2. The highest BCUT2D eigenvalue weighted by atomic mass is 16.5. The number of hydrogen-bond donors (Lipinski definition) is 0. The first-order chi connectivity index (χ1) is 16.0. The summed E-state index contributed by atoms with van der Waals surface area (Å²) >= 11 is 0. The van der Waals surface area contributed by atoms with Gasteiger partial charge >= 0.3 is 5.97 Å². The third-order valence-corrected chi connectivity index (χ3v) is 6.99. The average Bonchev–Trinajstić information content (AvgIpc) is 3.44. The number of carbonyl (C=O) groups is 2. The molecule has 0 radical (unpaired) electrons. The van der Waals surface area contributed by atoms with Crippen molar-refractivity contribution >= 4 is 22.7 Å². The number of carbonyl (C=O) groups excluding carboxylic acids is 2. The molecule has 1 aliphatic carbocycles. The van der Waals surface area contributed by atoms with Gasteiger partial charge in [0.15, 0.2) is 6.61 Å². The summed E-state index contributed by atoms with van der Waals surface area (Å²) in [6.45, 7) is 5.23. The van der Waals surface area contributed by atoms with E-state index < -0.39 is 5.97 Å². The summed E-state index contributed by atoms with van der Waals surface area (Å²) < 4.78 is 13.5. The van der Waals surface area contributed by atoms with E-state index in [-0.39, 0.29) is 18.5 Å². The number of fused-ring (bicyclic) bond motifs is 2. The summed E-state index contributed by atoms with van der Waals surface area (Å²) in [5, 5.41) is 0.797. The fourth-order valence-corrected chi connectivity index (χ4v) is 5.24. The van der Waals surface area contributed by atoms with Gasteiger partial charge in [0.25, 0.3) is 0 Å². The number of ketones is 1. The molecule has 0 N–H and O–H groups in total. The monoisotopic (exact) mass is 446 g/mol. The molecular weight excluding hydrogens is 416 g/mol. The van der Waals surface area contributed by atoms with Crippen LogP contribution >= 0.6 is 0 Å². The molecule has 2 aliphatic rings. The zero-order chi connectivity index (χ0) is 22.9. The van der Waals surface area contributed by atoms with Crippen LogP contribution < -0.4 is 0 Å². The van der Waals surface area contributed by atoms with Crippen molar-refractivity contribution in [2.75, 3.05) is 13.2 Å². The number of rotatable bonds is 6. The van der Waals surface area contributed by atoms with Crippen molar-refractivity contribution in [1.82, 2.24) is 9.55 Å². The Morgan fingerprint density at radius 1 is 1.15 bits per heavy atom. The number of para-hydroxylation sites is 1. The van der Waals surface area contributed by atoms with Gasteiger partial charge in [0.05, 0.1) is 17.2 Å². The van der Waals surface area contributed by atoms with E-state index in [2.05, 4.69) is 4.57 Å². The third kappa shape index (κ3) is 4.20. The largest absolute Gasteiger partial charge is 0.454 e. The minimum atomic E-state index is -0.437. The van der Waals surface area contributed by atoms with E-state index in [9.17, 15) is 9.59 Å². The van der Waals surface area contributed by atoms with Gasteiger partial charge in [-0.3, -0.25) is 9.78 Å². The van der Waals surface area contributed by atoms with E-state index in [1.165, 1.54) is 0 Å². The summed E-state index contributed by atoms with van der Waals surface area (Å²) in [4.78, 5) is 31.0. The minimum Gasteiger partial charge on any atom is -0.454 e. The van der Waals surface area contributed by atoms with Crippen LogP contribution in [0.5, 0.6) is 0 Å². The van der Waals surface area contributed by atoms with Gasteiger partial charge in [-0.25, -0.2) is 4.79 Å². The Labute approximate surface area is 193 Å². The molecule has 0 bridgehead atoms. The second-order valence-corrected chi connectivity index (χ2v) is 9.17. The molecule has 0 amide bonds. The minimum absolute atomic E-state index is 0.178. The van der Waals surface area contributed by atoms with E-state index >= 15 is 0 Å². The molecule has 1 fully saturated rings. The molecule has 1 unspecified atom stereocenters. The molecule has 1 aromatic carbocycles. The van der Waals surface area contributed by atoms with E-state index in [1.54, 1.807) is 0 Å². The summed E-state index contributed by atoms with van der Waals surface area (Å²) in [6.07, 6.45) is 6.12. The summed E-state index contributed by atoms with van der Waals surface area (Å²) in [5.74, 6) is -0.615. The quantitative estimate of drug-likeness (QED) is 0.404. The van der Waals surface area contributed by atoms with Gasteiger partial charge in [0.1, 0.15) is 0 Å². The smallest absolute Gasteiger partial charge is 0.339 e. The van der Waals surface area contributed by atoms with Gasteiger partial charge in [-0.15, -0.1) is 0 Å². The lowest BCUT2D eigenvalue weighted by molar-refractivity contribution is 0.0475. The van der Waals surface area contributed by atoms with Crippen molar-refractivity contribution < 1.29 is 19.1 Å². The highest BCUT2D eigenvalue weighted by molar-refractivity contribution is 6.06. The van der Waals surface area contributed by atoms with Crippen molar-refractivity contribution in [3.8, 4) is 0 Å². The predicted octanol–water partition coefficient (Wildman–Crippen LogP) is 4.75. The molecular formula is C27H30N2O4. The van der Waals surface area contributed by atoms with Gasteiger partial charge in [0.2, 0.25) is 5.78 Å². The first kappa shape index (κ1) is 21.8. The Kier molecular flexibility index (Phi) is 6.02. The molecule has 1 aliphatic heterocycles. The number of hydrogen-bond acceptors (Lipinski definition) is 5. The Morgan fingerprint density at radius 3 is 2.79 bits per heavy atom. The standard InChI is InChI=1S/C27H30N2O4/c1-17-14-22(18(2)29(17)15-19-8-7-13-32-19)25(30)16-33-27(31)26-20-9-3-5-11-23(20)28-24-12-6-4-10-21(24)26/h3,5,9,11,14,19H,4,6-8,10,12-13,15-16H2,1-2H3. The first-order valence-electron chi connectivity index (χ1n) is 11.9. The van der Waals surface area contributed by atoms with Gasteiger partial charge < -0.3 is 14.0 Å². The predicted molar refractivity (Wildman–Crippen MR) is 126 cm³/mol. The van der Waals surface area contributed by atoms with Crippen LogP contribution in [0.3, 0.4) is 0 Å². The molecule has 6 heteroatoms. The molecule has 33 heavy (non-hydrogen) atoms. The van der Waals surface area contributed by atoms with Crippen LogP contribution in [-0.2, 0) is 28.9 Å². The molecule has 3 heterocycles. The van der Waals surface area contributed by atoms with Crippen LogP contribution in [0.4, 0.5) is 0 Å². The topological polar surface area (TPSA) is 70.4 Å². The molecule has 172 valence electrons. The Morgan fingerprint density at radius 2 is 1.97 bits per heavy atom. The molecule has 2 aromatic heterocycles. The third-order valence-electron chi connectivity index (χ3n) is 6.99. The van der Waals surface area contributed by atoms with Crippen LogP contribution in [0, 0.1) is 13.8 Å². The van der Waals surface area contributed by atoms with Crippen LogP contribution in [0.1, 0.15) is 69.0 Å². The zero-order valence-corrected chi connectivity index (χ0v) is 19.4. The van der Waals surface area contributed by atoms with Gasteiger partial charge in [-0.1, -0.05) is 18.2 Å². The second kappa shape index (κ2) is 9.10. The molecule has 5 rings (SSSR count). The lowest BCUT2D eigenvalue weighted by atomic mass is 9.90. The molecule has 6 nitrogen and oxygen atoms in total. The van der Waals surface area contributed by atoms with E-state index in [4.69, 9.17) is 14.5 Å². The lowest BCUT2D eigenvalue weighted by Gasteiger charge is -2.19. The zero-order valence-electron chi connectivity index (χ0n) is 19.4. The van der Waals surface area contributed by atoms with Gasteiger partial charge in [0, 0.05) is 41.2 Å². The van der Waals surface area contributed by atoms with Crippen molar-refractivity contribution in [3.63, 3.8) is 0 Å². The van der Waals surface area contributed by atoms with E-state index in [0.717, 1.165) is 85.2 Å².